The Morgan fingerprint density at radius 3 is 2.79 bits per heavy atom. The van der Waals surface area contributed by atoms with Crippen molar-refractivity contribution in [3.8, 4) is 10.4 Å². The van der Waals surface area contributed by atoms with Crippen molar-refractivity contribution in [2.24, 2.45) is 0 Å². The lowest BCUT2D eigenvalue weighted by atomic mass is 10.1. The third kappa shape index (κ3) is 5.90. The Morgan fingerprint density at radius 2 is 2.14 bits per heavy atom. The molecule has 0 saturated carbocycles. The largest absolute Gasteiger partial charge is 0.392 e. The van der Waals surface area contributed by atoms with Gasteiger partial charge in [0.2, 0.25) is 10.0 Å². The van der Waals surface area contributed by atoms with Gasteiger partial charge in [0.15, 0.2) is 0 Å². The van der Waals surface area contributed by atoms with Gasteiger partial charge in [-0.05, 0) is 50.9 Å². The van der Waals surface area contributed by atoms with E-state index in [2.05, 4.69) is 14.6 Å². The molecule has 1 saturated heterocycles. The van der Waals surface area contributed by atoms with Crippen molar-refractivity contribution in [1.29, 1.82) is 0 Å². The molecule has 162 valence electrons. The third-order valence-electron chi connectivity index (χ3n) is 5.00. The highest BCUT2D eigenvalue weighted by Gasteiger charge is 2.21. The van der Waals surface area contributed by atoms with Gasteiger partial charge in [0.25, 0.3) is 5.56 Å². The molecule has 3 N–H and O–H groups in total. The molecule has 2 aromatic rings. The zero-order chi connectivity index (χ0) is 20.3. The van der Waals surface area contributed by atoms with Crippen molar-refractivity contribution in [2.45, 2.75) is 43.4 Å². The topological polar surface area (TPSA) is 102 Å². The van der Waals surface area contributed by atoms with Crippen LogP contribution in [0.5, 0.6) is 0 Å². The van der Waals surface area contributed by atoms with Crippen molar-refractivity contribution < 1.29 is 13.5 Å². The summed E-state index contributed by atoms with van der Waals surface area (Å²) < 4.78 is 28.1. The molecule has 10 heteroatoms. The summed E-state index contributed by atoms with van der Waals surface area (Å²) >= 11 is 1.20. The highest BCUT2D eigenvalue weighted by molar-refractivity contribution is 7.91. The molecular formula is C19H28ClN3O4S2. The van der Waals surface area contributed by atoms with Gasteiger partial charge in [-0.1, -0.05) is 6.92 Å². The number of hydrogen-bond donors (Lipinski definition) is 3. The van der Waals surface area contributed by atoms with Crippen LogP contribution in [0.4, 0.5) is 0 Å². The normalized spacial score (nSPS) is 17.4. The number of rotatable bonds is 8. The van der Waals surface area contributed by atoms with Gasteiger partial charge in [-0.25, -0.2) is 13.1 Å². The molecule has 1 aliphatic rings. The molecule has 7 nitrogen and oxygen atoms in total. The summed E-state index contributed by atoms with van der Waals surface area (Å²) in [5.74, 6) is 0. The average molecular weight is 462 g/mol. The molecular weight excluding hydrogens is 434 g/mol. The first-order valence-corrected chi connectivity index (χ1v) is 11.8. The second kappa shape index (κ2) is 10.2. The summed E-state index contributed by atoms with van der Waals surface area (Å²) in [5.41, 5.74) is 2.17. The van der Waals surface area contributed by atoms with E-state index in [0.29, 0.717) is 31.5 Å². The van der Waals surface area contributed by atoms with Gasteiger partial charge in [0.05, 0.1) is 6.10 Å². The van der Waals surface area contributed by atoms with Crippen molar-refractivity contribution >= 4 is 33.8 Å². The van der Waals surface area contributed by atoms with Crippen LogP contribution in [-0.4, -0.2) is 55.7 Å². The van der Waals surface area contributed by atoms with E-state index in [1.807, 2.05) is 19.9 Å². The number of aromatic amines is 1. The molecule has 1 unspecified atom stereocenters. The van der Waals surface area contributed by atoms with Crippen LogP contribution in [0, 0.1) is 6.92 Å². The number of pyridine rings is 1. The van der Waals surface area contributed by atoms with Gasteiger partial charge in [0, 0.05) is 41.3 Å². The number of halogens is 1. The molecule has 0 aromatic carbocycles. The zero-order valence-electron chi connectivity index (χ0n) is 16.6. The highest BCUT2D eigenvalue weighted by atomic mass is 35.5. The van der Waals surface area contributed by atoms with Crippen LogP contribution in [0.3, 0.4) is 0 Å². The number of H-pyrrole nitrogens is 1. The van der Waals surface area contributed by atoms with E-state index >= 15 is 0 Å². The summed E-state index contributed by atoms with van der Waals surface area (Å²) in [6.07, 6.45) is 1.84. The van der Waals surface area contributed by atoms with Crippen LogP contribution in [0.2, 0.25) is 0 Å². The highest BCUT2D eigenvalue weighted by Crippen LogP contribution is 2.32. The van der Waals surface area contributed by atoms with Gasteiger partial charge in [0.1, 0.15) is 4.21 Å². The van der Waals surface area contributed by atoms with E-state index in [4.69, 9.17) is 0 Å². The van der Waals surface area contributed by atoms with Crippen molar-refractivity contribution in [3.63, 3.8) is 0 Å². The fourth-order valence-corrected chi connectivity index (χ4v) is 5.89. The number of sulfonamides is 1. The van der Waals surface area contributed by atoms with Crippen LogP contribution in [-0.2, 0) is 16.4 Å². The minimum absolute atomic E-state index is 0. The molecule has 1 atom stereocenters. The first kappa shape index (κ1) is 24.0. The SMILES string of the molecule is CCc1cc(-c2ccc(S(=O)(=O)NCCCN3CCC(O)C3)s2)c(C)[nH]c1=O.Cl. The maximum atomic E-state index is 12.6. The van der Waals surface area contributed by atoms with Gasteiger partial charge in [-0.15, -0.1) is 23.7 Å². The molecule has 0 bridgehead atoms. The third-order valence-corrected chi connectivity index (χ3v) is 8.07. The number of aryl methyl sites for hydroxylation is 2. The monoisotopic (exact) mass is 461 g/mol. The summed E-state index contributed by atoms with van der Waals surface area (Å²) in [4.78, 5) is 17.7. The number of aliphatic hydroxyl groups excluding tert-OH is 1. The van der Waals surface area contributed by atoms with Crippen molar-refractivity contribution in [2.75, 3.05) is 26.2 Å². The Bertz CT molecular complexity index is 988. The number of thiophene rings is 1. The molecule has 0 radical (unpaired) electrons. The molecule has 2 aromatic heterocycles. The van der Waals surface area contributed by atoms with E-state index in [-0.39, 0.29) is 28.3 Å². The van der Waals surface area contributed by atoms with Gasteiger partial charge < -0.3 is 15.0 Å². The fourth-order valence-electron chi connectivity index (χ4n) is 3.39. The Labute approximate surface area is 181 Å². The second-order valence-corrected chi connectivity index (χ2v) is 10.2. The van der Waals surface area contributed by atoms with E-state index < -0.39 is 10.0 Å². The van der Waals surface area contributed by atoms with Crippen LogP contribution in [0.1, 0.15) is 31.0 Å². The van der Waals surface area contributed by atoms with Crippen LogP contribution in [0.25, 0.3) is 10.4 Å². The second-order valence-electron chi connectivity index (χ2n) is 7.13. The lowest BCUT2D eigenvalue weighted by Crippen LogP contribution is -2.29. The lowest BCUT2D eigenvalue weighted by molar-refractivity contribution is 0.176. The first-order valence-electron chi connectivity index (χ1n) is 9.53. The Hall–Kier alpha value is -1.23. The molecule has 1 fully saturated rings. The Balaban J connectivity index is 0.00000300. The first-order chi connectivity index (χ1) is 13.3. The Morgan fingerprint density at radius 1 is 1.38 bits per heavy atom. The smallest absolute Gasteiger partial charge is 0.251 e. The maximum absolute atomic E-state index is 12.6. The summed E-state index contributed by atoms with van der Waals surface area (Å²) in [6, 6.07) is 5.23. The Kier molecular flexibility index (Phi) is 8.45. The number of β-amino-alcohol motifs (C(OH)–C–C–N with tert-alkyl or cyclic N) is 1. The number of likely N-dealkylation sites (tertiary alicyclic amines) is 1. The van der Waals surface area contributed by atoms with E-state index in [9.17, 15) is 18.3 Å². The minimum Gasteiger partial charge on any atom is -0.392 e. The van der Waals surface area contributed by atoms with Gasteiger partial charge in [-0.2, -0.15) is 0 Å². The van der Waals surface area contributed by atoms with Crippen LogP contribution >= 0.6 is 23.7 Å². The van der Waals surface area contributed by atoms with Crippen molar-refractivity contribution in [1.82, 2.24) is 14.6 Å². The quantitative estimate of drug-likeness (QED) is 0.522. The predicted octanol–water partition coefficient (Wildman–Crippen LogP) is 2.13. The molecule has 1 aliphatic heterocycles. The molecule has 0 aliphatic carbocycles. The lowest BCUT2D eigenvalue weighted by Gasteiger charge is -2.14. The zero-order valence-corrected chi connectivity index (χ0v) is 19.1. The molecule has 0 amide bonds. The average Bonchev–Trinajstić information content (AvgIpc) is 3.29. The van der Waals surface area contributed by atoms with Gasteiger partial charge in [-0.3, -0.25) is 4.79 Å². The number of hydrogen-bond acceptors (Lipinski definition) is 6. The number of aromatic nitrogens is 1. The van der Waals surface area contributed by atoms with E-state index in [0.717, 1.165) is 35.6 Å². The minimum atomic E-state index is -3.56. The standard InChI is InChI=1S/C19H27N3O4S2.ClH/c1-3-14-11-16(13(2)21-19(14)24)17-5-6-18(27-17)28(25,26)20-8-4-9-22-10-7-15(23)12-22;/h5-6,11,15,20,23H,3-4,7-10,12H2,1-2H3,(H,21,24);1H. The molecule has 3 rings (SSSR count). The van der Waals surface area contributed by atoms with Gasteiger partial charge >= 0.3 is 0 Å². The van der Waals surface area contributed by atoms with Crippen LogP contribution in [0.15, 0.2) is 27.2 Å². The molecule has 0 spiro atoms. The molecule has 29 heavy (non-hydrogen) atoms. The van der Waals surface area contributed by atoms with Crippen molar-refractivity contribution in [3.05, 3.63) is 39.8 Å². The number of nitrogens with zero attached hydrogens (tertiary/aromatic N) is 1. The maximum Gasteiger partial charge on any atom is 0.251 e. The number of aliphatic hydroxyl groups is 1. The number of nitrogens with one attached hydrogen (secondary N) is 2. The van der Waals surface area contributed by atoms with E-state index in [1.165, 1.54) is 11.3 Å². The summed E-state index contributed by atoms with van der Waals surface area (Å²) in [7, 11) is -3.56. The van der Waals surface area contributed by atoms with Crippen LogP contribution < -0.4 is 10.3 Å². The predicted molar refractivity (Wildman–Crippen MR) is 119 cm³/mol. The summed E-state index contributed by atoms with van der Waals surface area (Å²) in [5, 5.41) is 9.53. The summed E-state index contributed by atoms with van der Waals surface area (Å²) in [6.45, 7) is 6.39. The fraction of sp³-hybridized carbons (Fsp3) is 0.526. The van der Waals surface area contributed by atoms with E-state index in [1.54, 1.807) is 12.1 Å². The molecule has 3 heterocycles.